The Balaban J connectivity index is 2.68. The molecule has 94 valence electrons. The molecule has 0 spiro atoms. The normalized spacial score (nSPS) is 14.1. The third-order valence-corrected chi connectivity index (χ3v) is 3.82. The van der Waals surface area contributed by atoms with Crippen LogP contribution in [0.5, 0.6) is 0 Å². The number of thioether (sulfide) groups is 1. The van der Waals surface area contributed by atoms with E-state index in [2.05, 4.69) is 5.32 Å². The smallest absolute Gasteiger partial charge is 0.326 e. The second kappa shape index (κ2) is 6.02. The first-order chi connectivity index (χ1) is 8.01. The largest absolute Gasteiger partial charge is 0.468 e. The number of hydrogen-bond donors (Lipinski definition) is 1. The van der Waals surface area contributed by atoms with Crippen LogP contribution >= 0.6 is 11.8 Å². The summed E-state index contributed by atoms with van der Waals surface area (Å²) in [5.41, 5.74) is -0.772. The third kappa shape index (κ3) is 3.71. The summed E-state index contributed by atoms with van der Waals surface area (Å²) in [6.07, 6.45) is 0. The van der Waals surface area contributed by atoms with Crippen LogP contribution in [0, 0.1) is 5.82 Å². The summed E-state index contributed by atoms with van der Waals surface area (Å²) in [4.78, 5) is 12.4. The maximum Gasteiger partial charge on any atom is 0.326 e. The van der Waals surface area contributed by atoms with Gasteiger partial charge in [-0.3, -0.25) is 4.79 Å². The van der Waals surface area contributed by atoms with Crippen molar-refractivity contribution in [3.05, 3.63) is 30.1 Å². The second-order valence-corrected chi connectivity index (χ2v) is 4.87. The monoisotopic (exact) mass is 257 g/mol. The summed E-state index contributed by atoms with van der Waals surface area (Å²) in [5.74, 6) is -0.136. The van der Waals surface area contributed by atoms with Gasteiger partial charge < -0.3 is 10.1 Å². The molecule has 1 N–H and O–H groups in total. The van der Waals surface area contributed by atoms with Crippen molar-refractivity contribution < 1.29 is 13.9 Å². The number of hydrogen-bond acceptors (Lipinski definition) is 4. The van der Waals surface area contributed by atoms with Gasteiger partial charge in [0.05, 0.1) is 7.11 Å². The number of methoxy groups -OCH3 is 1. The Labute approximate surface area is 105 Å². The van der Waals surface area contributed by atoms with E-state index in [9.17, 15) is 9.18 Å². The molecule has 1 atom stereocenters. The predicted octanol–water partition coefficient (Wildman–Crippen LogP) is 2.07. The summed E-state index contributed by atoms with van der Waals surface area (Å²) in [5, 5.41) is 2.92. The fourth-order valence-corrected chi connectivity index (χ4v) is 2.33. The maximum atomic E-state index is 13.0. The highest BCUT2D eigenvalue weighted by molar-refractivity contribution is 7.99. The van der Waals surface area contributed by atoms with Crippen molar-refractivity contribution in [2.75, 3.05) is 19.9 Å². The number of benzene rings is 1. The number of likely N-dealkylation sites (N-methyl/N-ethyl adjacent to an activating group) is 1. The van der Waals surface area contributed by atoms with Crippen molar-refractivity contribution in [1.29, 1.82) is 0 Å². The molecule has 1 aromatic carbocycles. The molecule has 1 aromatic rings. The molecule has 0 aromatic heterocycles. The van der Waals surface area contributed by atoms with Crippen LogP contribution < -0.4 is 5.32 Å². The lowest BCUT2D eigenvalue weighted by atomic mass is 10.1. The van der Waals surface area contributed by atoms with Gasteiger partial charge in [-0.2, -0.15) is 0 Å². The average Bonchev–Trinajstić information content (AvgIpc) is 2.35. The first-order valence-electron chi connectivity index (χ1n) is 5.17. The SMILES string of the molecule is CNC(C)(CSc1cccc(F)c1)C(=O)OC. The van der Waals surface area contributed by atoms with E-state index in [-0.39, 0.29) is 11.8 Å². The van der Waals surface area contributed by atoms with Crippen LogP contribution in [0.3, 0.4) is 0 Å². The van der Waals surface area contributed by atoms with Crippen LogP contribution in [0.4, 0.5) is 4.39 Å². The zero-order valence-corrected chi connectivity index (χ0v) is 10.9. The lowest BCUT2D eigenvalue weighted by Gasteiger charge is -2.25. The van der Waals surface area contributed by atoms with Gasteiger partial charge in [-0.15, -0.1) is 11.8 Å². The summed E-state index contributed by atoms with van der Waals surface area (Å²) in [6.45, 7) is 1.76. The molecule has 0 aliphatic heterocycles. The number of nitrogens with one attached hydrogen (secondary N) is 1. The summed E-state index contributed by atoms with van der Waals surface area (Å²) in [7, 11) is 3.05. The van der Waals surface area contributed by atoms with Gasteiger partial charge >= 0.3 is 5.97 Å². The zero-order chi connectivity index (χ0) is 12.9. The molecular weight excluding hydrogens is 241 g/mol. The predicted molar refractivity (Wildman–Crippen MR) is 66.6 cm³/mol. The molecule has 17 heavy (non-hydrogen) atoms. The molecular formula is C12H16FNO2S. The van der Waals surface area contributed by atoms with Gasteiger partial charge in [0, 0.05) is 10.6 Å². The van der Waals surface area contributed by atoms with E-state index >= 15 is 0 Å². The highest BCUT2D eigenvalue weighted by Crippen LogP contribution is 2.23. The van der Waals surface area contributed by atoms with Gasteiger partial charge in [0.2, 0.25) is 0 Å². The van der Waals surface area contributed by atoms with Gasteiger partial charge in [0.1, 0.15) is 11.4 Å². The van der Waals surface area contributed by atoms with Gasteiger partial charge in [-0.1, -0.05) is 6.07 Å². The standard InChI is InChI=1S/C12H16FNO2S/c1-12(14-2,11(15)16-3)8-17-10-6-4-5-9(13)7-10/h4-7,14H,8H2,1-3H3. The Morgan fingerprint density at radius 2 is 2.29 bits per heavy atom. The highest BCUT2D eigenvalue weighted by atomic mass is 32.2. The molecule has 0 radical (unpaired) electrons. The number of esters is 1. The molecule has 5 heteroatoms. The topological polar surface area (TPSA) is 38.3 Å². The van der Waals surface area contributed by atoms with Crippen LogP contribution in [0.25, 0.3) is 0 Å². The molecule has 1 rings (SSSR count). The van der Waals surface area contributed by atoms with Crippen LogP contribution in [0.1, 0.15) is 6.92 Å². The zero-order valence-electron chi connectivity index (χ0n) is 10.1. The Hall–Kier alpha value is -1.07. The minimum atomic E-state index is -0.772. The Bertz CT molecular complexity index is 400. The van der Waals surface area contributed by atoms with Crippen molar-refractivity contribution in [1.82, 2.24) is 5.32 Å². The average molecular weight is 257 g/mol. The molecule has 0 bridgehead atoms. The lowest BCUT2D eigenvalue weighted by Crippen LogP contribution is -2.50. The van der Waals surface area contributed by atoms with Crippen LogP contribution in [0.15, 0.2) is 29.2 Å². The quantitative estimate of drug-likeness (QED) is 0.647. The number of ether oxygens (including phenoxy) is 1. The molecule has 0 saturated heterocycles. The van der Waals surface area contributed by atoms with Gasteiger partial charge in [0.15, 0.2) is 0 Å². The van der Waals surface area contributed by atoms with Crippen molar-refractivity contribution in [3.63, 3.8) is 0 Å². The van der Waals surface area contributed by atoms with E-state index in [4.69, 9.17) is 4.74 Å². The van der Waals surface area contributed by atoms with E-state index in [1.807, 2.05) is 0 Å². The van der Waals surface area contributed by atoms with Crippen molar-refractivity contribution in [3.8, 4) is 0 Å². The molecule has 0 aliphatic carbocycles. The Kier molecular flexibility index (Phi) is 4.96. The van der Waals surface area contributed by atoms with Gasteiger partial charge in [0.25, 0.3) is 0 Å². The van der Waals surface area contributed by atoms with Crippen LogP contribution in [-0.4, -0.2) is 31.4 Å². The van der Waals surface area contributed by atoms with Crippen molar-refractivity contribution in [2.24, 2.45) is 0 Å². The summed E-state index contributed by atoms with van der Waals surface area (Å²) < 4.78 is 17.7. The molecule has 0 saturated carbocycles. The fraction of sp³-hybridized carbons (Fsp3) is 0.417. The number of carbonyl (C=O) groups excluding carboxylic acids is 1. The van der Waals surface area contributed by atoms with Crippen molar-refractivity contribution in [2.45, 2.75) is 17.4 Å². The van der Waals surface area contributed by atoms with E-state index in [1.54, 1.807) is 26.1 Å². The maximum absolute atomic E-state index is 13.0. The molecule has 0 heterocycles. The number of rotatable bonds is 5. The Morgan fingerprint density at radius 3 is 2.82 bits per heavy atom. The Morgan fingerprint density at radius 1 is 1.59 bits per heavy atom. The second-order valence-electron chi connectivity index (χ2n) is 3.82. The molecule has 1 unspecified atom stereocenters. The number of carbonyl (C=O) groups is 1. The van der Waals surface area contributed by atoms with E-state index in [1.165, 1.54) is 31.0 Å². The van der Waals surface area contributed by atoms with Gasteiger partial charge in [-0.25, -0.2) is 4.39 Å². The van der Waals surface area contributed by atoms with E-state index < -0.39 is 5.54 Å². The summed E-state index contributed by atoms with van der Waals surface area (Å²) >= 11 is 1.41. The highest BCUT2D eigenvalue weighted by Gasteiger charge is 2.32. The minimum absolute atomic E-state index is 0.278. The fourth-order valence-electron chi connectivity index (χ4n) is 1.24. The molecule has 3 nitrogen and oxygen atoms in total. The van der Waals surface area contributed by atoms with Gasteiger partial charge in [-0.05, 0) is 32.2 Å². The molecule has 0 amide bonds. The van der Waals surface area contributed by atoms with Crippen molar-refractivity contribution >= 4 is 17.7 Å². The van der Waals surface area contributed by atoms with E-state index in [0.717, 1.165) is 4.90 Å². The first-order valence-corrected chi connectivity index (χ1v) is 6.16. The third-order valence-electron chi connectivity index (χ3n) is 2.51. The van der Waals surface area contributed by atoms with Crippen LogP contribution in [0.2, 0.25) is 0 Å². The minimum Gasteiger partial charge on any atom is -0.468 e. The van der Waals surface area contributed by atoms with E-state index in [0.29, 0.717) is 5.75 Å². The van der Waals surface area contributed by atoms with Crippen LogP contribution in [-0.2, 0) is 9.53 Å². The molecule has 0 aliphatic rings. The molecule has 0 fully saturated rings. The first kappa shape index (κ1) is 14.0. The summed E-state index contributed by atoms with van der Waals surface area (Å²) in [6, 6.07) is 6.29. The number of halogens is 1. The lowest BCUT2D eigenvalue weighted by molar-refractivity contribution is -0.146.